The normalized spacial score (nSPS) is 10.0. The van der Waals surface area contributed by atoms with Crippen LogP contribution in [0.25, 0.3) is 0 Å². The van der Waals surface area contributed by atoms with E-state index in [2.05, 4.69) is 4.98 Å². The zero-order valence-corrected chi connectivity index (χ0v) is 6.44. The van der Waals surface area contributed by atoms with E-state index in [0.29, 0.717) is 0 Å². The van der Waals surface area contributed by atoms with Crippen LogP contribution in [0.15, 0.2) is 11.1 Å². The van der Waals surface area contributed by atoms with Gasteiger partial charge in [0.15, 0.2) is 5.78 Å². The number of carbonyl (C=O) groups excluding carboxylic acids is 1. The Morgan fingerprint density at radius 1 is 1.73 bits per heavy atom. The van der Waals surface area contributed by atoms with Crippen molar-refractivity contribution in [1.29, 1.82) is 0 Å². The van der Waals surface area contributed by atoms with Crippen LogP contribution in [0.2, 0.25) is 0 Å². The highest BCUT2D eigenvalue weighted by atomic mass is 16.2. The number of nitrogens with zero attached hydrogens (tertiary/aromatic N) is 3. The molecule has 0 aliphatic heterocycles. The van der Waals surface area contributed by atoms with Gasteiger partial charge in [-0.2, -0.15) is 4.98 Å². The molecule has 1 rings (SSSR count). The summed E-state index contributed by atoms with van der Waals surface area (Å²) in [6.07, 6.45) is 1.38. The highest BCUT2D eigenvalue weighted by molar-refractivity contribution is 5.75. The molecule has 60 valence electrons. The highest BCUT2D eigenvalue weighted by Gasteiger charge is 2.02. The van der Waals surface area contributed by atoms with Gasteiger partial charge in [-0.1, -0.05) is 0 Å². The number of Topliss-reactive ketones (excluding diaryl/α,β-unsaturated/α-hetero) is 1. The SMILES string of the molecule is CC(=O)Cn1c(=O)ncn1C. The van der Waals surface area contributed by atoms with E-state index >= 15 is 0 Å². The maximum absolute atomic E-state index is 10.9. The Balaban J connectivity index is 3.01. The van der Waals surface area contributed by atoms with Crippen molar-refractivity contribution in [3.8, 4) is 0 Å². The van der Waals surface area contributed by atoms with Crippen molar-refractivity contribution in [2.24, 2.45) is 7.05 Å². The van der Waals surface area contributed by atoms with Crippen LogP contribution in [0.4, 0.5) is 0 Å². The summed E-state index contributed by atoms with van der Waals surface area (Å²) in [5.41, 5.74) is -0.386. The minimum atomic E-state index is -0.386. The number of aryl methyl sites for hydroxylation is 1. The molecule has 0 aliphatic rings. The molecule has 0 unspecified atom stereocenters. The minimum absolute atomic E-state index is 0.0595. The number of carbonyl (C=O) groups is 1. The molecule has 0 saturated carbocycles. The van der Waals surface area contributed by atoms with Crippen LogP contribution in [-0.4, -0.2) is 20.1 Å². The molecule has 0 N–H and O–H groups in total. The predicted molar refractivity (Wildman–Crippen MR) is 38.1 cm³/mol. The Hall–Kier alpha value is -1.39. The van der Waals surface area contributed by atoms with Crippen LogP contribution in [0.5, 0.6) is 0 Å². The maximum Gasteiger partial charge on any atom is 0.364 e. The molecule has 0 radical (unpaired) electrons. The molecule has 5 nitrogen and oxygen atoms in total. The van der Waals surface area contributed by atoms with Crippen LogP contribution in [0.1, 0.15) is 6.92 Å². The first-order valence-corrected chi connectivity index (χ1v) is 3.19. The number of ketones is 1. The molecule has 1 aromatic heterocycles. The fourth-order valence-electron chi connectivity index (χ4n) is 0.787. The molecule has 0 fully saturated rings. The van der Waals surface area contributed by atoms with Crippen molar-refractivity contribution in [2.45, 2.75) is 13.5 Å². The second-order valence-corrected chi connectivity index (χ2v) is 2.36. The Kier molecular flexibility index (Phi) is 1.89. The summed E-state index contributed by atoms with van der Waals surface area (Å²) in [6, 6.07) is 0. The van der Waals surface area contributed by atoms with Crippen molar-refractivity contribution in [1.82, 2.24) is 14.3 Å². The largest absolute Gasteiger partial charge is 0.364 e. The number of aromatic nitrogens is 3. The van der Waals surface area contributed by atoms with E-state index in [1.807, 2.05) is 0 Å². The van der Waals surface area contributed by atoms with Crippen LogP contribution >= 0.6 is 0 Å². The van der Waals surface area contributed by atoms with Crippen molar-refractivity contribution in [3.05, 3.63) is 16.8 Å². The standard InChI is InChI=1S/C6H9N3O2/c1-5(10)3-9-6(11)7-4-8(9)2/h4H,3H2,1-2H3. The van der Waals surface area contributed by atoms with Crippen LogP contribution < -0.4 is 5.69 Å². The van der Waals surface area contributed by atoms with Gasteiger partial charge in [-0.15, -0.1) is 0 Å². The highest BCUT2D eigenvalue weighted by Crippen LogP contribution is 1.79. The van der Waals surface area contributed by atoms with Crippen LogP contribution in [0.3, 0.4) is 0 Å². The van der Waals surface area contributed by atoms with Gasteiger partial charge >= 0.3 is 5.69 Å². The number of hydrogen-bond acceptors (Lipinski definition) is 3. The van der Waals surface area contributed by atoms with Crippen LogP contribution in [-0.2, 0) is 18.4 Å². The van der Waals surface area contributed by atoms with Crippen molar-refractivity contribution < 1.29 is 4.79 Å². The fourth-order valence-corrected chi connectivity index (χ4v) is 0.787. The molecular weight excluding hydrogens is 146 g/mol. The maximum atomic E-state index is 10.9. The first kappa shape index (κ1) is 7.71. The van der Waals surface area contributed by atoms with E-state index < -0.39 is 0 Å². The van der Waals surface area contributed by atoms with Gasteiger partial charge in [0.2, 0.25) is 0 Å². The van der Waals surface area contributed by atoms with Crippen molar-refractivity contribution >= 4 is 5.78 Å². The average molecular weight is 155 g/mol. The smallest absolute Gasteiger partial charge is 0.298 e. The summed E-state index contributed by atoms with van der Waals surface area (Å²) in [6.45, 7) is 1.52. The Labute approximate surface area is 63.3 Å². The summed E-state index contributed by atoms with van der Waals surface area (Å²) < 4.78 is 2.76. The van der Waals surface area contributed by atoms with Gasteiger partial charge in [0.25, 0.3) is 0 Å². The van der Waals surface area contributed by atoms with Gasteiger partial charge in [-0.05, 0) is 6.92 Å². The first-order chi connectivity index (χ1) is 5.11. The van der Waals surface area contributed by atoms with Gasteiger partial charge in [0, 0.05) is 7.05 Å². The molecule has 1 aromatic rings. The van der Waals surface area contributed by atoms with Gasteiger partial charge in [0.1, 0.15) is 12.9 Å². The lowest BCUT2D eigenvalue weighted by atomic mass is 10.5. The summed E-state index contributed by atoms with van der Waals surface area (Å²) in [5.74, 6) is -0.0595. The second kappa shape index (κ2) is 2.69. The lowest BCUT2D eigenvalue weighted by molar-refractivity contribution is -0.117. The summed E-state index contributed by atoms with van der Waals surface area (Å²) in [7, 11) is 1.66. The van der Waals surface area contributed by atoms with Gasteiger partial charge in [0.05, 0.1) is 0 Å². The summed E-state index contributed by atoms with van der Waals surface area (Å²) in [5, 5.41) is 0. The third-order valence-electron chi connectivity index (χ3n) is 1.31. The number of rotatable bonds is 2. The molecule has 0 bridgehead atoms. The molecule has 0 amide bonds. The van der Waals surface area contributed by atoms with E-state index in [9.17, 15) is 9.59 Å². The topological polar surface area (TPSA) is 56.9 Å². The van der Waals surface area contributed by atoms with E-state index in [-0.39, 0.29) is 18.0 Å². The molecular formula is C6H9N3O2. The summed E-state index contributed by atoms with van der Waals surface area (Å²) in [4.78, 5) is 25.0. The number of hydrogen-bond donors (Lipinski definition) is 0. The summed E-state index contributed by atoms with van der Waals surface area (Å²) >= 11 is 0. The van der Waals surface area contributed by atoms with Gasteiger partial charge in [-0.25, -0.2) is 9.48 Å². The van der Waals surface area contributed by atoms with Crippen molar-refractivity contribution in [2.75, 3.05) is 0 Å². The predicted octanol–water partition coefficient (Wildman–Crippen LogP) is -0.829. The minimum Gasteiger partial charge on any atom is -0.298 e. The Morgan fingerprint density at radius 2 is 2.36 bits per heavy atom. The molecule has 0 saturated heterocycles. The van der Waals surface area contributed by atoms with Crippen molar-refractivity contribution in [3.63, 3.8) is 0 Å². The van der Waals surface area contributed by atoms with Crippen LogP contribution in [0, 0.1) is 0 Å². The second-order valence-electron chi connectivity index (χ2n) is 2.36. The quantitative estimate of drug-likeness (QED) is 0.560. The van der Waals surface area contributed by atoms with Gasteiger partial charge < -0.3 is 0 Å². The third-order valence-corrected chi connectivity index (χ3v) is 1.31. The van der Waals surface area contributed by atoms with E-state index in [4.69, 9.17) is 0 Å². The molecule has 0 spiro atoms. The van der Waals surface area contributed by atoms with Gasteiger partial charge in [-0.3, -0.25) is 9.48 Å². The zero-order chi connectivity index (χ0) is 8.43. The molecule has 0 aromatic carbocycles. The Bertz CT molecular complexity index is 323. The molecule has 11 heavy (non-hydrogen) atoms. The average Bonchev–Trinajstić information content (AvgIpc) is 2.18. The first-order valence-electron chi connectivity index (χ1n) is 3.19. The Morgan fingerprint density at radius 3 is 2.73 bits per heavy atom. The zero-order valence-electron chi connectivity index (χ0n) is 6.44. The third kappa shape index (κ3) is 1.54. The molecule has 1 heterocycles. The van der Waals surface area contributed by atoms with E-state index in [1.165, 1.54) is 22.6 Å². The van der Waals surface area contributed by atoms with E-state index in [1.54, 1.807) is 7.05 Å². The molecule has 5 heteroatoms. The molecule has 0 aliphatic carbocycles. The van der Waals surface area contributed by atoms with E-state index in [0.717, 1.165) is 0 Å². The molecule has 0 atom stereocenters. The lowest BCUT2D eigenvalue weighted by Gasteiger charge is -2.00. The fraction of sp³-hybridized carbons (Fsp3) is 0.500. The monoisotopic (exact) mass is 155 g/mol. The lowest BCUT2D eigenvalue weighted by Crippen LogP contribution is -2.25.